The van der Waals surface area contributed by atoms with Crippen LogP contribution in [0.1, 0.15) is 30.0 Å². The summed E-state index contributed by atoms with van der Waals surface area (Å²) in [6.45, 7) is 4.51. The molecule has 1 heterocycles. The molecule has 0 bridgehead atoms. The number of rotatable bonds is 5. The minimum Gasteiger partial charge on any atom is -0.480 e. The lowest BCUT2D eigenvalue weighted by Gasteiger charge is -2.17. The van der Waals surface area contributed by atoms with E-state index in [1.807, 2.05) is 0 Å². The molecule has 0 aliphatic carbocycles. The Hall–Kier alpha value is -2.09. The highest BCUT2D eigenvalue weighted by molar-refractivity contribution is 5.82. The van der Waals surface area contributed by atoms with E-state index >= 15 is 0 Å². The molecule has 0 aliphatic rings. The number of carbonyl (C=O) groups excluding carboxylic acids is 1. The number of carbonyl (C=O) groups is 2. The Morgan fingerprint density at radius 1 is 1.37 bits per heavy atom. The Morgan fingerprint density at radius 2 is 2.00 bits per heavy atom. The van der Waals surface area contributed by atoms with Crippen LogP contribution in [0.3, 0.4) is 0 Å². The second-order valence-electron chi connectivity index (χ2n) is 4.15. The minimum absolute atomic E-state index is 0.389. The third-order valence-electron chi connectivity index (χ3n) is 2.66. The Morgan fingerprint density at radius 3 is 2.42 bits per heavy atom. The van der Waals surface area contributed by atoms with Gasteiger partial charge in [0, 0.05) is 5.56 Å². The lowest BCUT2D eigenvalue weighted by Crippen LogP contribution is -2.48. The SMILES string of the molecule is Cc1noc(C)c1C(C)NC(=O)N[C@@H](CO)C(=O)O. The molecule has 106 valence electrons. The third-order valence-corrected chi connectivity index (χ3v) is 2.66. The molecule has 1 aromatic rings. The van der Waals surface area contributed by atoms with E-state index in [0.29, 0.717) is 11.5 Å². The maximum absolute atomic E-state index is 11.6. The van der Waals surface area contributed by atoms with E-state index in [1.165, 1.54) is 0 Å². The van der Waals surface area contributed by atoms with Gasteiger partial charge in [0.15, 0.2) is 6.04 Å². The predicted molar refractivity (Wildman–Crippen MR) is 64.6 cm³/mol. The Bertz CT molecular complexity index is 451. The van der Waals surface area contributed by atoms with Crippen molar-refractivity contribution in [3.63, 3.8) is 0 Å². The summed E-state index contributed by atoms with van der Waals surface area (Å²) < 4.78 is 4.98. The first-order valence-electron chi connectivity index (χ1n) is 5.70. The van der Waals surface area contributed by atoms with E-state index in [9.17, 15) is 9.59 Å². The van der Waals surface area contributed by atoms with E-state index in [1.54, 1.807) is 20.8 Å². The van der Waals surface area contributed by atoms with Crippen molar-refractivity contribution in [3.8, 4) is 0 Å². The van der Waals surface area contributed by atoms with Crippen molar-refractivity contribution < 1.29 is 24.3 Å². The smallest absolute Gasteiger partial charge is 0.328 e. The molecular weight excluding hydrogens is 254 g/mol. The number of amides is 2. The number of nitrogens with one attached hydrogen (secondary N) is 2. The van der Waals surface area contributed by atoms with Gasteiger partial charge in [-0.1, -0.05) is 5.16 Å². The van der Waals surface area contributed by atoms with E-state index < -0.39 is 24.6 Å². The number of aromatic nitrogens is 1. The van der Waals surface area contributed by atoms with Crippen LogP contribution in [0.4, 0.5) is 4.79 Å². The number of aliphatic carboxylic acids is 1. The molecule has 8 nitrogen and oxygen atoms in total. The Kier molecular flexibility index (Phi) is 4.87. The van der Waals surface area contributed by atoms with Crippen molar-refractivity contribution in [2.24, 2.45) is 0 Å². The van der Waals surface area contributed by atoms with Gasteiger partial charge in [-0.15, -0.1) is 0 Å². The van der Waals surface area contributed by atoms with E-state index in [-0.39, 0.29) is 6.04 Å². The van der Waals surface area contributed by atoms with Gasteiger partial charge in [0.25, 0.3) is 0 Å². The van der Waals surface area contributed by atoms with Gasteiger partial charge in [0.1, 0.15) is 5.76 Å². The zero-order chi connectivity index (χ0) is 14.6. The van der Waals surface area contributed by atoms with Crippen molar-refractivity contribution >= 4 is 12.0 Å². The maximum Gasteiger partial charge on any atom is 0.328 e. The van der Waals surface area contributed by atoms with Crippen LogP contribution in [-0.2, 0) is 4.79 Å². The standard InChI is InChI=1S/C11H17N3O5/c1-5(9-6(2)14-19-7(9)3)12-11(18)13-8(4-15)10(16)17/h5,8,15H,4H2,1-3H3,(H,16,17)(H2,12,13,18)/t5?,8-/m0/s1. The summed E-state index contributed by atoms with van der Waals surface area (Å²) in [7, 11) is 0. The predicted octanol–water partition coefficient (Wildman–Crippen LogP) is 0.0971. The zero-order valence-corrected chi connectivity index (χ0v) is 10.9. The monoisotopic (exact) mass is 271 g/mol. The largest absolute Gasteiger partial charge is 0.480 e. The summed E-state index contributed by atoms with van der Waals surface area (Å²) in [5.74, 6) is -0.718. The molecule has 1 aromatic heterocycles. The van der Waals surface area contributed by atoms with Gasteiger partial charge in [-0.25, -0.2) is 9.59 Å². The summed E-state index contributed by atoms with van der Waals surface area (Å²) in [5, 5.41) is 26.0. The summed E-state index contributed by atoms with van der Waals surface area (Å²) in [4.78, 5) is 22.3. The molecule has 2 atom stereocenters. The highest BCUT2D eigenvalue weighted by atomic mass is 16.5. The molecule has 0 radical (unpaired) electrons. The number of hydrogen-bond acceptors (Lipinski definition) is 5. The first kappa shape index (κ1) is 15.0. The summed E-state index contributed by atoms with van der Waals surface area (Å²) in [6.07, 6.45) is 0. The maximum atomic E-state index is 11.6. The number of hydrogen-bond donors (Lipinski definition) is 4. The van der Waals surface area contributed by atoms with Crippen LogP contribution >= 0.6 is 0 Å². The van der Waals surface area contributed by atoms with Crippen molar-refractivity contribution in [1.82, 2.24) is 15.8 Å². The summed E-state index contributed by atoms with van der Waals surface area (Å²) >= 11 is 0. The first-order valence-corrected chi connectivity index (χ1v) is 5.70. The second kappa shape index (κ2) is 6.19. The summed E-state index contributed by atoms with van der Waals surface area (Å²) in [5.41, 5.74) is 1.40. The number of aliphatic hydroxyl groups excluding tert-OH is 1. The fourth-order valence-corrected chi connectivity index (χ4v) is 1.76. The van der Waals surface area contributed by atoms with Gasteiger partial charge in [-0.2, -0.15) is 0 Å². The molecule has 0 spiro atoms. The Labute approximate surface area is 109 Å². The van der Waals surface area contributed by atoms with Crippen LogP contribution in [0.5, 0.6) is 0 Å². The quantitative estimate of drug-likeness (QED) is 0.602. The van der Waals surface area contributed by atoms with E-state index in [4.69, 9.17) is 14.7 Å². The van der Waals surface area contributed by atoms with E-state index in [0.717, 1.165) is 5.56 Å². The second-order valence-corrected chi connectivity index (χ2v) is 4.15. The van der Waals surface area contributed by atoms with Gasteiger partial charge in [0.2, 0.25) is 0 Å². The molecule has 2 amide bonds. The van der Waals surface area contributed by atoms with Crippen LogP contribution < -0.4 is 10.6 Å². The molecule has 4 N–H and O–H groups in total. The first-order chi connectivity index (χ1) is 8.86. The normalized spacial score (nSPS) is 13.7. The average Bonchev–Trinajstić information content (AvgIpc) is 2.65. The zero-order valence-electron chi connectivity index (χ0n) is 10.9. The average molecular weight is 271 g/mol. The highest BCUT2D eigenvalue weighted by Gasteiger charge is 2.22. The summed E-state index contributed by atoms with van der Waals surface area (Å²) in [6, 6.07) is -2.41. The van der Waals surface area contributed by atoms with Gasteiger partial charge in [0.05, 0.1) is 18.3 Å². The lowest BCUT2D eigenvalue weighted by atomic mass is 10.1. The lowest BCUT2D eigenvalue weighted by molar-refractivity contribution is -0.140. The molecule has 0 aliphatic heterocycles. The molecule has 0 saturated heterocycles. The van der Waals surface area contributed by atoms with Crippen LogP contribution in [0.15, 0.2) is 4.52 Å². The van der Waals surface area contributed by atoms with Gasteiger partial charge >= 0.3 is 12.0 Å². The topological polar surface area (TPSA) is 125 Å². The van der Waals surface area contributed by atoms with Crippen molar-refractivity contribution in [3.05, 3.63) is 17.0 Å². The van der Waals surface area contributed by atoms with Crippen LogP contribution in [0.25, 0.3) is 0 Å². The van der Waals surface area contributed by atoms with Crippen molar-refractivity contribution in [1.29, 1.82) is 0 Å². The number of carboxylic acids is 1. The molecule has 0 fully saturated rings. The van der Waals surface area contributed by atoms with E-state index in [2.05, 4.69) is 15.8 Å². The fourth-order valence-electron chi connectivity index (χ4n) is 1.76. The molecule has 1 rings (SSSR count). The molecule has 0 saturated carbocycles. The Balaban J connectivity index is 2.65. The van der Waals surface area contributed by atoms with Crippen molar-refractivity contribution in [2.75, 3.05) is 6.61 Å². The number of aliphatic hydroxyl groups is 1. The highest BCUT2D eigenvalue weighted by Crippen LogP contribution is 2.20. The third kappa shape index (κ3) is 3.68. The van der Waals surface area contributed by atoms with Crippen LogP contribution in [-0.4, -0.2) is 40.0 Å². The van der Waals surface area contributed by atoms with Crippen molar-refractivity contribution in [2.45, 2.75) is 32.9 Å². The molecule has 8 heteroatoms. The fraction of sp³-hybridized carbons (Fsp3) is 0.545. The number of nitrogens with zero attached hydrogens (tertiary/aromatic N) is 1. The van der Waals surface area contributed by atoms with Crippen LogP contribution in [0, 0.1) is 13.8 Å². The number of aryl methyl sites for hydroxylation is 2. The molecule has 0 aromatic carbocycles. The molecule has 1 unspecified atom stereocenters. The van der Waals surface area contributed by atoms with Gasteiger partial charge in [-0.3, -0.25) is 0 Å². The van der Waals surface area contributed by atoms with Gasteiger partial charge < -0.3 is 25.4 Å². The number of carboxylic acid groups (broad SMARTS) is 1. The number of urea groups is 1. The minimum atomic E-state index is -1.34. The van der Waals surface area contributed by atoms with Gasteiger partial charge in [-0.05, 0) is 20.8 Å². The molecular formula is C11H17N3O5. The molecule has 19 heavy (non-hydrogen) atoms. The van der Waals surface area contributed by atoms with Crippen LogP contribution in [0.2, 0.25) is 0 Å².